The molecule has 0 heterocycles. The number of aryl methyl sites for hydroxylation is 1. The highest BCUT2D eigenvalue weighted by Gasteiger charge is 2.59. The molecule has 0 aliphatic carbocycles. The van der Waals surface area contributed by atoms with Crippen LogP contribution in [0.3, 0.4) is 0 Å². The Kier molecular flexibility index (Phi) is 6.07. The van der Waals surface area contributed by atoms with Crippen molar-refractivity contribution in [1.82, 2.24) is 5.32 Å². The number of hydrogen-bond acceptors (Lipinski definition) is 1. The molecular weight excluding hydrogens is 296 g/mol. The Morgan fingerprint density at radius 1 is 0.952 bits per heavy atom. The van der Waals surface area contributed by atoms with Crippen molar-refractivity contribution in [2.45, 2.75) is 38.2 Å². The number of hydrogen-bond donors (Lipinski definition) is 1. The Morgan fingerprint density at radius 3 is 1.90 bits per heavy atom. The molecule has 0 aromatic heterocycles. The monoisotopic (exact) mass is 313 g/mol. The molecule has 0 amide bonds. The van der Waals surface area contributed by atoms with Gasteiger partial charge in [0.25, 0.3) is 0 Å². The van der Waals surface area contributed by atoms with E-state index in [2.05, 4.69) is 5.32 Å². The molecule has 0 saturated heterocycles. The zero-order valence-corrected chi connectivity index (χ0v) is 11.4. The van der Waals surface area contributed by atoms with Crippen LogP contribution in [-0.4, -0.2) is 24.9 Å². The standard InChI is InChI=1S/C14H17F6N/c1-2-21-11(9-8-10-6-4-3-5-7-10)12(13(15,16)17)14(18,19)20/h3-7,11-12,21H,2,8-9H2,1H3. The summed E-state index contributed by atoms with van der Waals surface area (Å²) in [6.07, 6.45) is -10.7. The van der Waals surface area contributed by atoms with Crippen LogP contribution in [0.1, 0.15) is 18.9 Å². The Bertz CT molecular complexity index is 398. The number of rotatable bonds is 6. The van der Waals surface area contributed by atoms with Gasteiger partial charge in [-0.2, -0.15) is 26.3 Å². The molecule has 0 spiro atoms. The minimum Gasteiger partial charge on any atom is -0.313 e. The van der Waals surface area contributed by atoms with Gasteiger partial charge in [0.15, 0.2) is 5.92 Å². The summed E-state index contributed by atoms with van der Waals surface area (Å²) in [7, 11) is 0. The highest BCUT2D eigenvalue weighted by Crippen LogP contribution is 2.42. The lowest BCUT2D eigenvalue weighted by Crippen LogP contribution is -2.51. The minimum absolute atomic E-state index is 0.0438. The normalized spacial score (nSPS) is 14.5. The molecule has 120 valence electrons. The third-order valence-electron chi connectivity index (χ3n) is 3.16. The van der Waals surface area contributed by atoms with Crippen LogP contribution in [0.25, 0.3) is 0 Å². The lowest BCUT2D eigenvalue weighted by Gasteiger charge is -2.31. The van der Waals surface area contributed by atoms with Gasteiger partial charge in [-0.1, -0.05) is 37.3 Å². The molecule has 0 aliphatic rings. The minimum atomic E-state index is -5.32. The fourth-order valence-corrected chi connectivity index (χ4v) is 2.26. The second-order valence-corrected chi connectivity index (χ2v) is 4.75. The first-order chi connectivity index (χ1) is 9.66. The van der Waals surface area contributed by atoms with Crippen LogP contribution >= 0.6 is 0 Å². The molecule has 1 nitrogen and oxygen atoms in total. The van der Waals surface area contributed by atoms with Crippen molar-refractivity contribution < 1.29 is 26.3 Å². The maximum absolute atomic E-state index is 12.8. The summed E-state index contributed by atoms with van der Waals surface area (Å²) in [4.78, 5) is 0. The first-order valence-corrected chi connectivity index (χ1v) is 6.57. The van der Waals surface area contributed by atoms with E-state index in [4.69, 9.17) is 0 Å². The molecule has 1 N–H and O–H groups in total. The smallest absolute Gasteiger partial charge is 0.313 e. The fourth-order valence-electron chi connectivity index (χ4n) is 2.26. The second-order valence-electron chi connectivity index (χ2n) is 4.75. The molecule has 21 heavy (non-hydrogen) atoms. The van der Waals surface area contributed by atoms with Gasteiger partial charge in [0, 0.05) is 6.04 Å². The Labute approximate surface area is 119 Å². The van der Waals surface area contributed by atoms with Crippen LogP contribution in [0.5, 0.6) is 0 Å². The lowest BCUT2D eigenvalue weighted by atomic mass is 9.92. The summed E-state index contributed by atoms with van der Waals surface area (Å²) < 4.78 is 76.5. The van der Waals surface area contributed by atoms with Crippen molar-refractivity contribution in [2.24, 2.45) is 5.92 Å². The molecule has 1 aromatic rings. The summed E-state index contributed by atoms with van der Waals surface area (Å²) >= 11 is 0. The molecule has 7 heteroatoms. The molecule has 0 bridgehead atoms. The molecule has 1 atom stereocenters. The van der Waals surface area contributed by atoms with Crippen molar-refractivity contribution in [2.75, 3.05) is 6.54 Å². The van der Waals surface area contributed by atoms with E-state index in [1.807, 2.05) is 0 Å². The molecule has 1 unspecified atom stereocenters. The summed E-state index contributed by atoms with van der Waals surface area (Å²) in [5, 5.41) is 2.33. The lowest BCUT2D eigenvalue weighted by molar-refractivity contribution is -0.292. The maximum Gasteiger partial charge on any atom is 0.401 e. The van der Waals surface area contributed by atoms with Crippen molar-refractivity contribution in [1.29, 1.82) is 0 Å². The molecule has 0 aliphatic heterocycles. The quantitative estimate of drug-likeness (QED) is 0.771. The van der Waals surface area contributed by atoms with E-state index in [1.165, 1.54) is 6.92 Å². The van der Waals surface area contributed by atoms with Crippen molar-refractivity contribution in [3.63, 3.8) is 0 Å². The van der Waals surface area contributed by atoms with Crippen molar-refractivity contribution >= 4 is 0 Å². The molecule has 1 rings (SSSR count). The van der Waals surface area contributed by atoms with Gasteiger partial charge in [-0.05, 0) is 24.9 Å². The predicted octanol–water partition coefficient (Wildman–Crippen LogP) is 4.34. The summed E-state index contributed by atoms with van der Waals surface area (Å²) in [6, 6.07) is 6.80. The number of benzene rings is 1. The third-order valence-corrected chi connectivity index (χ3v) is 3.16. The van der Waals surface area contributed by atoms with Crippen LogP contribution in [0.15, 0.2) is 30.3 Å². The maximum atomic E-state index is 12.8. The topological polar surface area (TPSA) is 12.0 Å². The Morgan fingerprint density at radius 2 is 1.48 bits per heavy atom. The van der Waals surface area contributed by atoms with Crippen LogP contribution in [-0.2, 0) is 6.42 Å². The van der Waals surface area contributed by atoms with E-state index < -0.39 is 24.3 Å². The predicted molar refractivity (Wildman–Crippen MR) is 67.8 cm³/mol. The average molecular weight is 313 g/mol. The highest BCUT2D eigenvalue weighted by molar-refractivity contribution is 5.15. The van der Waals surface area contributed by atoms with E-state index in [0.717, 1.165) is 0 Å². The van der Waals surface area contributed by atoms with E-state index in [1.54, 1.807) is 30.3 Å². The van der Waals surface area contributed by atoms with Gasteiger partial charge >= 0.3 is 12.4 Å². The summed E-state index contributed by atoms with van der Waals surface area (Å²) in [5.41, 5.74) is 0.712. The van der Waals surface area contributed by atoms with E-state index in [9.17, 15) is 26.3 Å². The van der Waals surface area contributed by atoms with Crippen LogP contribution < -0.4 is 5.32 Å². The molecule has 0 radical (unpaired) electrons. The zero-order chi connectivity index (χ0) is 16.1. The van der Waals surface area contributed by atoms with Gasteiger partial charge in [-0.15, -0.1) is 0 Å². The summed E-state index contributed by atoms with van der Waals surface area (Å²) in [5.74, 6) is -3.35. The van der Waals surface area contributed by atoms with E-state index in [-0.39, 0.29) is 19.4 Å². The first kappa shape index (κ1) is 17.8. The van der Waals surface area contributed by atoms with Gasteiger partial charge in [-0.25, -0.2) is 0 Å². The van der Waals surface area contributed by atoms with Crippen molar-refractivity contribution in [3.05, 3.63) is 35.9 Å². The molecule has 0 saturated carbocycles. The van der Waals surface area contributed by atoms with Crippen molar-refractivity contribution in [3.8, 4) is 0 Å². The largest absolute Gasteiger partial charge is 0.401 e. The molecule has 1 aromatic carbocycles. The van der Waals surface area contributed by atoms with Gasteiger partial charge in [0.05, 0.1) is 0 Å². The van der Waals surface area contributed by atoms with Gasteiger partial charge in [-0.3, -0.25) is 0 Å². The average Bonchev–Trinajstić information content (AvgIpc) is 2.34. The Balaban J connectivity index is 2.87. The van der Waals surface area contributed by atoms with Gasteiger partial charge in [0.1, 0.15) is 0 Å². The molecular formula is C14H17F6N. The van der Waals surface area contributed by atoms with Crippen LogP contribution in [0, 0.1) is 5.92 Å². The summed E-state index contributed by atoms with van der Waals surface area (Å²) in [6.45, 7) is 1.53. The van der Waals surface area contributed by atoms with E-state index >= 15 is 0 Å². The highest BCUT2D eigenvalue weighted by atomic mass is 19.4. The fraction of sp³-hybridized carbons (Fsp3) is 0.571. The van der Waals surface area contributed by atoms with E-state index in [0.29, 0.717) is 5.56 Å². The number of halogens is 6. The van der Waals surface area contributed by atoms with Gasteiger partial charge < -0.3 is 5.32 Å². The SMILES string of the molecule is CCNC(CCc1ccccc1)C(C(F)(F)F)C(F)(F)F. The van der Waals surface area contributed by atoms with Gasteiger partial charge in [0.2, 0.25) is 0 Å². The van der Waals surface area contributed by atoms with Crippen LogP contribution in [0.4, 0.5) is 26.3 Å². The third kappa shape index (κ3) is 5.57. The van der Waals surface area contributed by atoms with Crippen LogP contribution in [0.2, 0.25) is 0 Å². The number of alkyl halides is 6. The second kappa shape index (κ2) is 7.15. The molecule has 0 fully saturated rings. The Hall–Kier alpha value is -1.24. The zero-order valence-electron chi connectivity index (χ0n) is 11.4. The first-order valence-electron chi connectivity index (χ1n) is 6.57. The number of nitrogens with one attached hydrogen (secondary N) is 1.